The second kappa shape index (κ2) is 4.80. The van der Waals surface area contributed by atoms with Crippen LogP contribution in [-0.2, 0) is 0 Å². The molecule has 1 aliphatic rings. The minimum absolute atomic E-state index is 0.238. The van der Waals surface area contributed by atoms with E-state index < -0.39 is 0 Å². The molecule has 72 valence electrons. The van der Waals surface area contributed by atoms with Crippen LogP contribution in [0.15, 0.2) is 0 Å². The van der Waals surface area contributed by atoms with Crippen LogP contribution in [0.4, 0.5) is 4.39 Å². The van der Waals surface area contributed by atoms with E-state index >= 15 is 0 Å². The fourth-order valence-corrected chi connectivity index (χ4v) is 2.06. The summed E-state index contributed by atoms with van der Waals surface area (Å²) in [5.74, 6) is 1.55. The number of alkyl halides is 1. The van der Waals surface area contributed by atoms with Gasteiger partial charge in [-0.3, -0.25) is 0 Å². The molecule has 2 heteroatoms. The number of hydrogen-bond acceptors (Lipinski definition) is 1. The highest BCUT2D eigenvalue weighted by atomic mass is 19.1. The second-order valence-electron chi connectivity index (χ2n) is 4.15. The Bertz CT molecular complexity index is 127. The lowest BCUT2D eigenvalue weighted by Crippen LogP contribution is -2.40. The minimum atomic E-state index is -0.238. The lowest BCUT2D eigenvalue weighted by atomic mass is 9.80. The van der Waals surface area contributed by atoms with Crippen LogP contribution in [0, 0.1) is 11.8 Å². The van der Waals surface area contributed by atoms with Crippen molar-refractivity contribution in [3.8, 4) is 0 Å². The highest BCUT2D eigenvalue weighted by molar-refractivity contribution is 4.80. The zero-order valence-corrected chi connectivity index (χ0v) is 8.15. The molecule has 3 unspecified atom stereocenters. The van der Waals surface area contributed by atoms with Crippen molar-refractivity contribution in [1.29, 1.82) is 0 Å². The second-order valence-corrected chi connectivity index (χ2v) is 4.15. The maximum atomic E-state index is 11.9. The standard InChI is InChI=1S/C10H20FN/c1-8-3-4-9(2)10(7-8)12-6-5-11/h8-10,12H,3-7H2,1-2H3. The fraction of sp³-hybridized carbons (Fsp3) is 1.00. The summed E-state index contributed by atoms with van der Waals surface area (Å²) in [4.78, 5) is 0. The molecule has 0 heterocycles. The highest BCUT2D eigenvalue weighted by Gasteiger charge is 2.24. The predicted octanol–water partition coefficient (Wildman–Crippen LogP) is 2.37. The average Bonchev–Trinajstić information content (AvgIpc) is 2.07. The van der Waals surface area contributed by atoms with E-state index in [1.54, 1.807) is 0 Å². The van der Waals surface area contributed by atoms with Gasteiger partial charge >= 0.3 is 0 Å². The van der Waals surface area contributed by atoms with Crippen LogP contribution >= 0.6 is 0 Å². The summed E-state index contributed by atoms with van der Waals surface area (Å²) in [6, 6.07) is 0.560. The molecule has 1 aliphatic carbocycles. The van der Waals surface area contributed by atoms with Crippen LogP contribution in [0.3, 0.4) is 0 Å². The Morgan fingerprint density at radius 1 is 1.33 bits per heavy atom. The lowest BCUT2D eigenvalue weighted by molar-refractivity contribution is 0.225. The third-order valence-corrected chi connectivity index (χ3v) is 2.96. The molecule has 1 nitrogen and oxygen atoms in total. The predicted molar refractivity (Wildman–Crippen MR) is 49.9 cm³/mol. The van der Waals surface area contributed by atoms with Gasteiger partial charge < -0.3 is 5.32 Å². The molecule has 12 heavy (non-hydrogen) atoms. The van der Waals surface area contributed by atoms with Crippen LogP contribution in [0.25, 0.3) is 0 Å². The third-order valence-electron chi connectivity index (χ3n) is 2.96. The normalized spacial score (nSPS) is 36.8. The summed E-state index contributed by atoms with van der Waals surface area (Å²) in [6.07, 6.45) is 3.86. The molecular weight excluding hydrogens is 153 g/mol. The van der Waals surface area contributed by atoms with Gasteiger partial charge in [0.1, 0.15) is 6.67 Å². The van der Waals surface area contributed by atoms with E-state index in [1.807, 2.05) is 0 Å². The van der Waals surface area contributed by atoms with Crippen LogP contribution < -0.4 is 5.32 Å². The molecule has 0 aliphatic heterocycles. The van der Waals surface area contributed by atoms with Crippen molar-refractivity contribution in [1.82, 2.24) is 5.32 Å². The molecule has 0 aromatic carbocycles. The van der Waals surface area contributed by atoms with Gasteiger partial charge in [-0.25, -0.2) is 4.39 Å². The lowest BCUT2D eigenvalue weighted by Gasteiger charge is -2.33. The SMILES string of the molecule is CC1CCC(C)C(NCCF)C1. The van der Waals surface area contributed by atoms with Crippen molar-refractivity contribution in [2.24, 2.45) is 11.8 Å². The van der Waals surface area contributed by atoms with E-state index in [0.29, 0.717) is 12.6 Å². The minimum Gasteiger partial charge on any atom is -0.311 e. The zero-order valence-electron chi connectivity index (χ0n) is 8.15. The van der Waals surface area contributed by atoms with Gasteiger partial charge in [-0.2, -0.15) is 0 Å². The summed E-state index contributed by atoms with van der Waals surface area (Å²) >= 11 is 0. The molecule has 1 fully saturated rings. The Morgan fingerprint density at radius 3 is 2.75 bits per heavy atom. The van der Waals surface area contributed by atoms with Gasteiger partial charge in [0, 0.05) is 12.6 Å². The van der Waals surface area contributed by atoms with Gasteiger partial charge in [0.2, 0.25) is 0 Å². The van der Waals surface area contributed by atoms with Crippen molar-refractivity contribution in [3.05, 3.63) is 0 Å². The maximum absolute atomic E-state index is 11.9. The smallest absolute Gasteiger partial charge is 0.102 e. The molecule has 1 saturated carbocycles. The molecule has 0 aromatic heterocycles. The van der Waals surface area contributed by atoms with Crippen LogP contribution in [0.2, 0.25) is 0 Å². The molecule has 0 radical (unpaired) electrons. The molecule has 0 spiro atoms. The van der Waals surface area contributed by atoms with Gasteiger partial charge in [0.05, 0.1) is 0 Å². The molecule has 1 N–H and O–H groups in total. The number of rotatable bonds is 3. The number of nitrogens with one attached hydrogen (secondary N) is 1. The first-order valence-corrected chi connectivity index (χ1v) is 5.03. The summed E-state index contributed by atoms with van der Waals surface area (Å²) < 4.78 is 11.9. The quantitative estimate of drug-likeness (QED) is 0.691. The largest absolute Gasteiger partial charge is 0.311 e. The molecule has 0 aromatic rings. The molecular formula is C10H20FN. The van der Waals surface area contributed by atoms with E-state index in [9.17, 15) is 4.39 Å². The van der Waals surface area contributed by atoms with Crippen molar-refractivity contribution < 1.29 is 4.39 Å². The van der Waals surface area contributed by atoms with Crippen LogP contribution in [0.5, 0.6) is 0 Å². The number of hydrogen-bond donors (Lipinski definition) is 1. The molecule has 3 atom stereocenters. The Morgan fingerprint density at radius 2 is 2.08 bits per heavy atom. The fourth-order valence-electron chi connectivity index (χ4n) is 2.06. The molecule has 0 saturated heterocycles. The number of halogens is 1. The maximum Gasteiger partial charge on any atom is 0.102 e. The first-order chi connectivity index (χ1) is 5.74. The van der Waals surface area contributed by atoms with Crippen molar-refractivity contribution >= 4 is 0 Å². The van der Waals surface area contributed by atoms with E-state index in [1.165, 1.54) is 19.3 Å². The molecule has 0 amide bonds. The van der Waals surface area contributed by atoms with Gasteiger partial charge in [-0.1, -0.05) is 20.3 Å². The zero-order chi connectivity index (χ0) is 8.97. The Kier molecular flexibility index (Phi) is 3.99. The van der Waals surface area contributed by atoms with Crippen molar-refractivity contribution in [2.45, 2.75) is 39.2 Å². The topological polar surface area (TPSA) is 12.0 Å². The molecule has 1 rings (SSSR count). The summed E-state index contributed by atoms with van der Waals surface area (Å²) in [5.41, 5.74) is 0. The van der Waals surface area contributed by atoms with E-state index in [4.69, 9.17) is 0 Å². The first-order valence-electron chi connectivity index (χ1n) is 5.03. The van der Waals surface area contributed by atoms with E-state index in [-0.39, 0.29) is 6.67 Å². The van der Waals surface area contributed by atoms with Gasteiger partial charge in [0.25, 0.3) is 0 Å². The van der Waals surface area contributed by atoms with E-state index in [2.05, 4.69) is 19.2 Å². The van der Waals surface area contributed by atoms with E-state index in [0.717, 1.165) is 11.8 Å². The first kappa shape index (κ1) is 9.97. The summed E-state index contributed by atoms with van der Waals surface area (Å²) in [5, 5.41) is 3.28. The highest BCUT2D eigenvalue weighted by Crippen LogP contribution is 2.28. The summed E-state index contributed by atoms with van der Waals surface area (Å²) in [6.45, 7) is 4.84. The monoisotopic (exact) mass is 173 g/mol. The van der Waals surface area contributed by atoms with Gasteiger partial charge in [0.15, 0.2) is 0 Å². The van der Waals surface area contributed by atoms with Gasteiger partial charge in [-0.15, -0.1) is 0 Å². The van der Waals surface area contributed by atoms with Crippen LogP contribution in [0.1, 0.15) is 33.1 Å². The van der Waals surface area contributed by atoms with Crippen molar-refractivity contribution in [3.63, 3.8) is 0 Å². The summed E-state index contributed by atoms with van der Waals surface area (Å²) in [7, 11) is 0. The third kappa shape index (κ3) is 2.74. The Hall–Kier alpha value is -0.110. The van der Waals surface area contributed by atoms with Crippen molar-refractivity contribution in [2.75, 3.05) is 13.2 Å². The van der Waals surface area contributed by atoms with Crippen LogP contribution in [-0.4, -0.2) is 19.3 Å². The van der Waals surface area contributed by atoms with Gasteiger partial charge in [-0.05, 0) is 24.7 Å². The average molecular weight is 173 g/mol. The molecule has 0 bridgehead atoms. The Balaban J connectivity index is 2.28. The Labute approximate surface area is 74.7 Å².